The van der Waals surface area contributed by atoms with Crippen molar-refractivity contribution in [1.29, 1.82) is 0 Å². The summed E-state index contributed by atoms with van der Waals surface area (Å²) in [6, 6.07) is 0. The summed E-state index contributed by atoms with van der Waals surface area (Å²) in [5.74, 6) is 0. The maximum atomic E-state index is 10.9. The lowest BCUT2D eigenvalue weighted by Crippen LogP contribution is -2.28. The second-order valence-corrected chi connectivity index (χ2v) is 4.43. The molecule has 0 fully saturated rings. The lowest BCUT2D eigenvalue weighted by Gasteiger charge is -2.10. The van der Waals surface area contributed by atoms with E-state index >= 15 is 0 Å². The molecule has 0 aromatic carbocycles. The Balaban J connectivity index is 2.86. The van der Waals surface area contributed by atoms with E-state index in [-0.39, 0.29) is 0 Å². The summed E-state index contributed by atoms with van der Waals surface area (Å²) in [5.41, 5.74) is 0.905. The summed E-state index contributed by atoms with van der Waals surface area (Å²) in [6.45, 7) is 1.66. The van der Waals surface area contributed by atoms with Gasteiger partial charge in [-0.15, -0.1) is 5.11 Å². The third-order valence-electron chi connectivity index (χ3n) is 1.47. The molecule has 7 heteroatoms. The fourth-order valence-electron chi connectivity index (χ4n) is 0.918. The van der Waals surface area contributed by atoms with Crippen LogP contribution >= 0.6 is 0 Å². The quantitative estimate of drug-likeness (QED) is 0.715. The molecule has 1 unspecified atom stereocenters. The van der Waals surface area contributed by atoms with Crippen molar-refractivity contribution in [1.82, 2.24) is 4.72 Å². The van der Waals surface area contributed by atoms with E-state index in [0.717, 1.165) is 6.26 Å². The summed E-state index contributed by atoms with van der Waals surface area (Å²) >= 11 is 0. The van der Waals surface area contributed by atoms with E-state index in [1.165, 1.54) is 7.11 Å². The zero-order valence-electron chi connectivity index (χ0n) is 7.60. The van der Waals surface area contributed by atoms with Crippen LogP contribution in [0.15, 0.2) is 21.6 Å². The summed E-state index contributed by atoms with van der Waals surface area (Å²) in [7, 11) is -1.85. The molecule has 0 aromatic rings. The van der Waals surface area contributed by atoms with Gasteiger partial charge in [-0.3, -0.25) is 4.72 Å². The summed E-state index contributed by atoms with van der Waals surface area (Å²) in [5, 5.41) is 7.41. The number of allylic oxidation sites excluding steroid dienone is 1. The van der Waals surface area contributed by atoms with Crippen molar-refractivity contribution >= 4 is 10.0 Å². The van der Waals surface area contributed by atoms with Crippen LogP contribution in [0.3, 0.4) is 0 Å². The van der Waals surface area contributed by atoms with Crippen LogP contribution in [-0.2, 0) is 14.8 Å². The van der Waals surface area contributed by atoms with E-state index in [0.29, 0.717) is 11.4 Å². The summed E-state index contributed by atoms with van der Waals surface area (Å²) in [6.07, 6.45) is 0.438. The molecule has 6 nitrogen and oxygen atoms in total. The fourth-order valence-corrected chi connectivity index (χ4v) is 1.57. The van der Waals surface area contributed by atoms with Crippen LogP contribution in [0.2, 0.25) is 0 Å². The zero-order valence-corrected chi connectivity index (χ0v) is 8.42. The first-order valence-electron chi connectivity index (χ1n) is 3.56. The second kappa shape index (κ2) is 3.43. The molecule has 1 aliphatic rings. The van der Waals surface area contributed by atoms with E-state index in [2.05, 4.69) is 15.0 Å². The highest BCUT2D eigenvalue weighted by molar-refractivity contribution is 7.88. The molecule has 1 aliphatic heterocycles. The molecular weight excluding hydrogens is 194 g/mol. The van der Waals surface area contributed by atoms with E-state index < -0.39 is 16.3 Å². The van der Waals surface area contributed by atoms with Crippen molar-refractivity contribution in [3.8, 4) is 0 Å². The van der Waals surface area contributed by atoms with E-state index in [9.17, 15) is 8.42 Å². The number of nitrogens with zero attached hydrogens (tertiary/aromatic N) is 2. The monoisotopic (exact) mass is 205 g/mol. The molecule has 0 spiro atoms. The molecule has 0 bridgehead atoms. The Morgan fingerprint density at radius 1 is 1.54 bits per heavy atom. The Labute approximate surface area is 76.7 Å². The lowest BCUT2D eigenvalue weighted by molar-refractivity contribution is 0.135. The predicted molar refractivity (Wildman–Crippen MR) is 46.3 cm³/mol. The van der Waals surface area contributed by atoms with Gasteiger partial charge in [0, 0.05) is 7.11 Å². The van der Waals surface area contributed by atoms with E-state index in [1.807, 2.05) is 0 Å². The Bertz CT molecular complexity index is 357. The molecule has 1 heterocycles. The smallest absolute Gasteiger partial charge is 0.229 e. The molecule has 74 valence electrons. The summed E-state index contributed by atoms with van der Waals surface area (Å²) in [4.78, 5) is 0. The van der Waals surface area contributed by atoms with Gasteiger partial charge in [0.15, 0.2) is 0 Å². The van der Waals surface area contributed by atoms with Crippen molar-refractivity contribution in [3.63, 3.8) is 0 Å². The Morgan fingerprint density at radius 3 is 2.62 bits per heavy atom. The first-order chi connectivity index (χ1) is 5.94. The van der Waals surface area contributed by atoms with Gasteiger partial charge in [-0.1, -0.05) is 0 Å². The van der Waals surface area contributed by atoms with Gasteiger partial charge in [-0.2, -0.15) is 5.11 Å². The van der Waals surface area contributed by atoms with Crippen LogP contribution in [0.5, 0.6) is 0 Å². The molecule has 0 saturated carbocycles. The molecular formula is C6H11N3O3S. The van der Waals surface area contributed by atoms with E-state index in [4.69, 9.17) is 4.74 Å². The summed E-state index contributed by atoms with van der Waals surface area (Å²) < 4.78 is 29.0. The average molecular weight is 205 g/mol. The van der Waals surface area contributed by atoms with Crippen molar-refractivity contribution in [2.24, 2.45) is 10.2 Å². The van der Waals surface area contributed by atoms with Crippen LogP contribution in [0.1, 0.15) is 6.92 Å². The second-order valence-electron chi connectivity index (χ2n) is 2.68. The Kier molecular flexibility index (Phi) is 2.67. The molecule has 0 amide bonds. The minimum atomic E-state index is -3.29. The van der Waals surface area contributed by atoms with Gasteiger partial charge in [-0.05, 0) is 6.92 Å². The van der Waals surface area contributed by atoms with Gasteiger partial charge in [0.25, 0.3) is 0 Å². The maximum Gasteiger partial charge on any atom is 0.229 e. The normalized spacial score (nSPS) is 22.5. The third kappa shape index (κ3) is 2.49. The zero-order chi connectivity index (χ0) is 10.1. The van der Waals surface area contributed by atoms with Crippen molar-refractivity contribution in [2.45, 2.75) is 13.2 Å². The number of hydrogen-bond acceptors (Lipinski definition) is 5. The van der Waals surface area contributed by atoms with Crippen molar-refractivity contribution in [3.05, 3.63) is 11.4 Å². The maximum absolute atomic E-state index is 10.9. The fraction of sp³-hybridized carbons (Fsp3) is 0.667. The number of ether oxygens (including phenoxy) is 1. The topological polar surface area (TPSA) is 80.1 Å². The molecule has 13 heavy (non-hydrogen) atoms. The van der Waals surface area contributed by atoms with Gasteiger partial charge in [0.05, 0.1) is 12.0 Å². The van der Waals surface area contributed by atoms with Gasteiger partial charge in [0.2, 0.25) is 16.3 Å². The molecule has 0 aromatic heterocycles. The van der Waals surface area contributed by atoms with Crippen LogP contribution in [-0.4, -0.2) is 28.0 Å². The first kappa shape index (κ1) is 10.1. The number of nitrogens with one attached hydrogen (secondary N) is 1. The van der Waals surface area contributed by atoms with E-state index in [1.54, 1.807) is 6.92 Å². The Hall–Kier alpha value is -0.950. The highest BCUT2D eigenvalue weighted by Crippen LogP contribution is 2.19. The third-order valence-corrected chi connectivity index (χ3v) is 2.06. The SMILES string of the molecule is COC1N=NC(C)=C1NS(C)(=O)=O. The van der Waals surface area contributed by atoms with Gasteiger partial charge >= 0.3 is 0 Å². The number of methoxy groups -OCH3 is 1. The average Bonchev–Trinajstić information content (AvgIpc) is 2.30. The van der Waals surface area contributed by atoms with Gasteiger partial charge in [-0.25, -0.2) is 8.42 Å². The van der Waals surface area contributed by atoms with Crippen LogP contribution < -0.4 is 4.72 Å². The van der Waals surface area contributed by atoms with Crippen LogP contribution in [0.25, 0.3) is 0 Å². The molecule has 0 radical (unpaired) electrons. The van der Waals surface area contributed by atoms with Crippen molar-refractivity contribution < 1.29 is 13.2 Å². The highest BCUT2D eigenvalue weighted by atomic mass is 32.2. The first-order valence-corrected chi connectivity index (χ1v) is 5.45. The number of rotatable bonds is 3. The Morgan fingerprint density at radius 2 is 2.15 bits per heavy atom. The molecule has 0 aliphatic carbocycles. The van der Waals surface area contributed by atoms with Crippen molar-refractivity contribution in [2.75, 3.05) is 13.4 Å². The van der Waals surface area contributed by atoms with Gasteiger partial charge in [0.1, 0.15) is 5.70 Å². The number of hydrogen-bond donors (Lipinski definition) is 1. The largest absolute Gasteiger partial charge is 0.353 e. The number of sulfonamides is 1. The molecule has 1 atom stereocenters. The van der Waals surface area contributed by atoms with Gasteiger partial charge < -0.3 is 4.74 Å². The van der Waals surface area contributed by atoms with Crippen LogP contribution in [0, 0.1) is 0 Å². The predicted octanol–water partition coefficient (Wildman–Crippen LogP) is 0.205. The minimum absolute atomic E-state index is 0.380. The number of azo groups is 1. The molecule has 1 rings (SSSR count). The minimum Gasteiger partial charge on any atom is -0.353 e. The molecule has 0 saturated heterocycles. The van der Waals surface area contributed by atoms with Crippen LogP contribution in [0.4, 0.5) is 0 Å². The lowest BCUT2D eigenvalue weighted by atomic mass is 10.3. The highest BCUT2D eigenvalue weighted by Gasteiger charge is 2.23. The molecule has 1 N–H and O–H groups in total. The standard InChI is InChI=1S/C6H11N3O3S/c1-4-5(9-13(3,10)11)6(12-2)8-7-4/h6,9H,1-3H3.